The van der Waals surface area contributed by atoms with Gasteiger partial charge in [-0.3, -0.25) is 19.9 Å². The van der Waals surface area contributed by atoms with Gasteiger partial charge in [0.2, 0.25) is 5.91 Å². The lowest BCUT2D eigenvalue weighted by molar-refractivity contribution is -0.135. The number of carbonyl (C=O) groups is 2. The minimum Gasteiger partial charge on any atom is -0.342 e. The van der Waals surface area contributed by atoms with Crippen LogP contribution in [0.4, 0.5) is 0 Å². The van der Waals surface area contributed by atoms with Crippen molar-refractivity contribution in [3.05, 3.63) is 59.1 Å². The van der Waals surface area contributed by atoms with Crippen LogP contribution >= 0.6 is 11.6 Å². The van der Waals surface area contributed by atoms with Crippen LogP contribution in [0.15, 0.2) is 48.5 Å². The van der Waals surface area contributed by atoms with E-state index < -0.39 is 5.54 Å². The highest BCUT2D eigenvalue weighted by Gasteiger charge is 2.48. The average Bonchev–Trinajstić information content (AvgIpc) is 3.43. The van der Waals surface area contributed by atoms with Gasteiger partial charge in [0.25, 0.3) is 5.91 Å². The minimum absolute atomic E-state index is 0.122. The molecule has 0 bridgehead atoms. The van der Waals surface area contributed by atoms with E-state index in [1.807, 2.05) is 60.4 Å². The highest BCUT2D eigenvalue weighted by molar-refractivity contribution is 6.30. The van der Waals surface area contributed by atoms with E-state index in [1.54, 1.807) is 4.90 Å². The fourth-order valence-electron chi connectivity index (χ4n) is 5.82. The Labute approximate surface area is 212 Å². The van der Waals surface area contributed by atoms with E-state index in [9.17, 15) is 9.59 Å². The van der Waals surface area contributed by atoms with Crippen molar-refractivity contribution < 1.29 is 9.59 Å². The van der Waals surface area contributed by atoms with Crippen LogP contribution in [0, 0.1) is 17.2 Å². The molecule has 2 N–H and O–H groups in total. The second kappa shape index (κ2) is 9.65. The molecule has 35 heavy (non-hydrogen) atoms. The van der Waals surface area contributed by atoms with Crippen LogP contribution in [0.1, 0.15) is 51.0 Å². The molecule has 2 amide bonds. The van der Waals surface area contributed by atoms with Gasteiger partial charge in [0.05, 0.1) is 0 Å². The maximum atomic E-state index is 13.6. The van der Waals surface area contributed by atoms with Gasteiger partial charge in [0.15, 0.2) is 5.96 Å². The molecule has 6 nitrogen and oxygen atoms in total. The number of rotatable bonds is 5. The van der Waals surface area contributed by atoms with Crippen LogP contribution in [-0.2, 0) is 15.1 Å². The third kappa shape index (κ3) is 4.68. The zero-order valence-electron chi connectivity index (χ0n) is 20.2. The summed E-state index contributed by atoms with van der Waals surface area (Å²) in [5.41, 5.74) is 1.75. The number of hydrogen-bond donors (Lipinski definition) is 2. The molecule has 7 heteroatoms. The molecule has 2 aromatic carbocycles. The molecule has 184 valence electrons. The lowest BCUT2D eigenvalue weighted by atomic mass is 9.88. The molecule has 2 unspecified atom stereocenters. The number of halogens is 1. The Balaban J connectivity index is 1.28. The fraction of sp³-hybridized carbons (Fsp3) is 0.464. The van der Waals surface area contributed by atoms with Crippen LogP contribution < -0.4 is 5.32 Å². The Hall–Kier alpha value is -2.86. The Bertz CT molecular complexity index is 1150. The average molecular weight is 493 g/mol. The number of likely N-dealkylation sites (tertiary alicyclic amines) is 1. The second-order valence-electron chi connectivity index (χ2n) is 10.4. The molecule has 3 aliphatic rings. The third-order valence-electron chi connectivity index (χ3n) is 7.90. The third-order valence-corrected chi connectivity index (χ3v) is 8.14. The standard InChI is InChI=1S/C28H33ClN4O2/c1-28(23-11-5-9-21(15-23)22-10-6-12-24(29)16-22)26(35)33(27(30)31-28)18-19-13-14-32(17-19)25(34)20-7-3-2-4-8-20/h5-6,9-12,15-16,19-20H,2-4,7-8,13-14,17-18H2,1H3,(H2,30,31). The summed E-state index contributed by atoms with van der Waals surface area (Å²) in [7, 11) is 0. The van der Waals surface area contributed by atoms with E-state index in [0.717, 1.165) is 55.3 Å². The predicted molar refractivity (Wildman–Crippen MR) is 138 cm³/mol. The van der Waals surface area contributed by atoms with Crippen LogP contribution in [0.25, 0.3) is 11.1 Å². The van der Waals surface area contributed by atoms with E-state index >= 15 is 0 Å². The quantitative estimate of drug-likeness (QED) is 0.615. The summed E-state index contributed by atoms with van der Waals surface area (Å²) in [6, 6.07) is 15.5. The molecule has 0 aromatic heterocycles. The Morgan fingerprint density at radius 3 is 2.54 bits per heavy atom. The lowest BCUT2D eigenvalue weighted by Crippen LogP contribution is -2.42. The predicted octanol–water partition coefficient (Wildman–Crippen LogP) is 5.02. The van der Waals surface area contributed by atoms with E-state index in [4.69, 9.17) is 17.0 Å². The summed E-state index contributed by atoms with van der Waals surface area (Å²) >= 11 is 6.18. The van der Waals surface area contributed by atoms with Crippen molar-refractivity contribution in [1.82, 2.24) is 15.1 Å². The van der Waals surface area contributed by atoms with E-state index in [2.05, 4.69) is 5.32 Å². The van der Waals surface area contributed by atoms with Gasteiger partial charge in [-0.15, -0.1) is 0 Å². The highest BCUT2D eigenvalue weighted by Crippen LogP contribution is 2.34. The first-order chi connectivity index (χ1) is 16.8. The molecule has 2 aromatic rings. The summed E-state index contributed by atoms with van der Waals surface area (Å²) in [5, 5.41) is 12.4. The minimum atomic E-state index is -1.01. The van der Waals surface area contributed by atoms with Gasteiger partial charge in [-0.05, 0) is 67.0 Å². The number of benzene rings is 2. The van der Waals surface area contributed by atoms with Crippen molar-refractivity contribution in [2.75, 3.05) is 19.6 Å². The number of guanidine groups is 1. The largest absolute Gasteiger partial charge is 0.342 e. The van der Waals surface area contributed by atoms with Gasteiger partial charge in [-0.2, -0.15) is 0 Å². The second-order valence-corrected chi connectivity index (χ2v) is 10.8. The van der Waals surface area contributed by atoms with Crippen molar-refractivity contribution in [2.24, 2.45) is 11.8 Å². The molecule has 3 fully saturated rings. The summed E-state index contributed by atoms with van der Waals surface area (Å²) < 4.78 is 0. The molecule has 1 saturated carbocycles. The summed E-state index contributed by atoms with van der Waals surface area (Å²) in [6.07, 6.45) is 6.42. The zero-order chi connectivity index (χ0) is 24.6. The maximum absolute atomic E-state index is 13.6. The molecule has 2 aliphatic heterocycles. The SMILES string of the molecule is CC1(c2cccc(-c3cccc(Cl)c3)c2)NC(=N)N(CC2CCN(C(=O)C3CCCCC3)C2)C1=O. The molecule has 2 saturated heterocycles. The monoisotopic (exact) mass is 492 g/mol. The van der Waals surface area contributed by atoms with Crippen molar-refractivity contribution in [3.63, 3.8) is 0 Å². The number of nitrogens with zero attached hydrogens (tertiary/aromatic N) is 2. The van der Waals surface area contributed by atoms with Crippen molar-refractivity contribution in [1.29, 1.82) is 5.41 Å². The van der Waals surface area contributed by atoms with Gasteiger partial charge in [-0.25, -0.2) is 0 Å². The molecule has 0 radical (unpaired) electrons. The van der Waals surface area contributed by atoms with Gasteiger partial charge in [0, 0.05) is 30.6 Å². The topological polar surface area (TPSA) is 76.5 Å². The molecule has 0 spiro atoms. The van der Waals surface area contributed by atoms with Gasteiger partial charge in [-0.1, -0.05) is 61.2 Å². The zero-order valence-corrected chi connectivity index (χ0v) is 21.0. The molecule has 1 aliphatic carbocycles. The smallest absolute Gasteiger partial charge is 0.259 e. The first-order valence-corrected chi connectivity index (χ1v) is 13.1. The highest BCUT2D eigenvalue weighted by atomic mass is 35.5. The lowest BCUT2D eigenvalue weighted by Gasteiger charge is -2.27. The van der Waals surface area contributed by atoms with Crippen LogP contribution in [0.5, 0.6) is 0 Å². The molecule has 2 atom stereocenters. The summed E-state index contributed by atoms with van der Waals surface area (Å²) in [6.45, 7) is 3.73. The van der Waals surface area contributed by atoms with Crippen LogP contribution in [-0.4, -0.2) is 47.2 Å². The van der Waals surface area contributed by atoms with Crippen LogP contribution in [0.3, 0.4) is 0 Å². The Morgan fingerprint density at radius 2 is 1.80 bits per heavy atom. The van der Waals surface area contributed by atoms with Crippen molar-refractivity contribution in [3.8, 4) is 11.1 Å². The van der Waals surface area contributed by atoms with Gasteiger partial charge < -0.3 is 10.2 Å². The molecule has 5 rings (SSSR count). The van der Waals surface area contributed by atoms with E-state index in [0.29, 0.717) is 18.1 Å². The molecular weight excluding hydrogens is 460 g/mol. The molecular formula is C28H33ClN4O2. The van der Waals surface area contributed by atoms with Crippen LogP contribution in [0.2, 0.25) is 5.02 Å². The number of carbonyl (C=O) groups excluding carboxylic acids is 2. The number of nitrogens with one attached hydrogen (secondary N) is 2. The number of hydrogen-bond acceptors (Lipinski definition) is 3. The number of amides is 2. The molecule has 2 heterocycles. The van der Waals surface area contributed by atoms with E-state index in [1.165, 1.54) is 6.42 Å². The fourth-order valence-corrected chi connectivity index (χ4v) is 6.01. The Morgan fingerprint density at radius 1 is 1.09 bits per heavy atom. The van der Waals surface area contributed by atoms with Crippen molar-refractivity contribution in [2.45, 2.75) is 51.0 Å². The normalized spacial score (nSPS) is 25.3. The van der Waals surface area contributed by atoms with E-state index in [-0.39, 0.29) is 29.6 Å². The van der Waals surface area contributed by atoms with Gasteiger partial charge in [0.1, 0.15) is 5.54 Å². The van der Waals surface area contributed by atoms with Crippen molar-refractivity contribution >= 4 is 29.4 Å². The first-order valence-electron chi connectivity index (χ1n) is 12.7. The first kappa shape index (κ1) is 23.9. The summed E-state index contributed by atoms with van der Waals surface area (Å²) in [5.74, 6) is 0.654. The summed E-state index contributed by atoms with van der Waals surface area (Å²) in [4.78, 5) is 30.1. The van der Waals surface area contributed by atoms with Gasteiger partial charge >= 0.3 is 0 Å². The Kier molecular flexibility index (Phi) is 6.58. The maximum Gasteiger partial charge on any atom is 0.259 e.